The van der Waals surface area contributed by atoms with Crippen LogP contribution in [-0.4, -0.2) is 55.1 Å². The van der Waals surface area contributed by atoms with Crippen LogP contribution in [-0.2, 0) is 0 Å². The molecule has 0 spiro atoms. The lowest BCUT2D eigenvalue weighted by Gasteiger charge is -2.26. The molecule has 4 heteroatoms. The van der Waals surface area contributed by atoms with Gasteiger partial charge in [0.1, 0.15) is 0 Å². The minimum Gasteiger partial charge on any atom is -0.329 e. The molecule has 0 aliphatic heterocycles. The summed E-state index contributed by atoms with van der Waals surface area (Å²) in [5, 5.41) is 0. The minimum atomic E-state index is 0.578. The van der Waals surface area contributed by atoms with Crippen LogP contribution >= 0.6 is 23.5 Å². The first-order valence-electron chi connectivity index (χ1n) is 5.14. The molecule has 0 aromatic heterocycles. The average molecular weight is 236 g/mol. The second-order valence-corrected chi connectivity index (χ2v) is 5.47. The molecule has 1 unspecified atom stereocenters. The predicted octanol–water partition coefficient (Wildman–Crippen LogP) is 1.75. The molecule has 2 N–H and O–H groups in total. The molecule has 0 heterocycles. The van der Waals surface area contributed by atoms with Crippen molar-refractivity contribution in [2.45, 2.75) is 18.9 Å². The van der Waals surface area contributed by atoms with E-state index < -0.39 is 0 Å². The fourth-order valence-electron chi connectivity index (χ4n) is 1.40. The van der Waals surface area contributed by atoms with Crippen LogP contribution in [0.15, 0.2) is 0 Å². The molecule has 1 atom stereocenters. The van der Waals surface area contributed by atoms with Crippen LogP contribution in [0.1, 0.15) is 12.8 Å². The van der Waals surface area contributed by atoms with Crippen molar-refractivity contribution in [3.8, 4) is 0 Å². The van der Waals surface area contributed by atoms with Gasteiger partial charge in [-0.2, -0.15) is 23.5 Å². The Labute approximate surface area is 97.4 Å². The molecule has 0 saturated heterocycles. The monoisotopic (exact) mass is 236 g/mol. The number of nitrogens with two attached hydrogens (primary N) is 1. The zero-order valence-electron chi connectivity index (χ0n) is 9.66. The molecule has 0 aromatic rings. The number of hydrogen-bond donors (Lipinski definition) is 1. The second-order valence-electron chi connectivity index (χ2n) is 3.50. The molecule has 0 bridgehead atoms. The summed E-state index contributed by atoms with van der Waals surface area (Å²) in [6.45, 7) is 1.95. The Morgan fingerprint density at radius 3 is 2.36 bits per heavy atom. The summed E-state index contributed by atoms with van der Waals surface area (Å²) in [6, 6.07) is 0.578. The third-order valence-electron chi connectivity index (χ3n) is 2.43. The third kappa shape index (κ3) is 6.98. The SMILES string of the molecule is CSCCCC(CN)N(C)CCSC. The zero-order valence-corrected chi connectivity index (χ0v) is 11.3. The molecule has 0 fully saturated rings. The van der Waals surface area contributed by atoms with Crippen molar-refractivity contribution < 1.29 is 0 Å². The van der Waals surface area contributed by atoms with Crippen molar-refractivity contribution in [3.05, 3.63) is 0 Å². The maximum absolute atomic E-state index is 5.77. The number of thioether (sulfide) groups is 2. The Bertz CT molecular complexity index is 123. The highest BCUT2D eigenvalue weighted by molar-refractivity contribution is 7.98. The van der Waals surface area contributed by atoms with Crippen LogP contribution in [0, 0.1) is 0 Å². The van der Waals surface area contributed by atoms with E-state index in [1.807, 2.05) is 23.5 Å². The molecule has 14 heavy (non-hydrogen) atoms. The summed E-state index contributed by atoms with van der Waals surface area (Å²) in [4.78, 5) is 2.40. The average Bonchev–Trinajstić information content (AvgIpc) is 2.21. The fraction of sp³-hybridized carbons (Fsp3) is 1.00. The van der Waals surface area contributed by atoms with Crippen LogP contribution in [0.25, 0.3) is 0 Å². The van der Waals surface area contributed by atoms with E-state index >= 15 is 0 Å². The van der Waals surface area contributed by atoms with E-state index in [1.165, 1.54) is 24.3 Å². The molecule has 0 aromatic carbocycles. The first-order chi connectivity index (χ1) is 6.76. The Morgan fingerprint density at radius 1 is 1.21 bits per heavy atom. The molecule has 0 amide bonds. The van der Waals surface area contributed by atoms with Crippen LogP contribution in [0.4, 0.5) is 0 Å². The minimum absolute atomic E-state index is 0.578. The van der Waals surface area contributed by atoms with Crippen LogP contribution < -0.4 is 5.73 Å². The van der Waals surface area contributed by atoms with E-state index in [4.69, 9.17) is 5.73 Å². The van der Waals surface area contributed by atoms with Crippen LogP contribution in [0.3, 0.4) is 0 Å². The normalized spacial score (nSPS) is 13.5. The molecular formula is C10H24N2S2. The second kappa shape index (κ2) is 10.1. The van der Waals surface area contributed by atoms with Crippen molar-refractivity contribution in [2.24, 2.45) is 5.73 Å². The fourth-order valence-corrected chi connectivity index (χ4v) is 2.33. The van der Waals surface area contributed by atoms with E-state index in [2.05, 4.69) is 24.5 Å². The van der Waals surface area contributed by atoms with Gasteiger partial charge in [0.05, 0.1) is 0 Å². The van der Waals surface area contributed by atoms with Crippen molar-refractivity contribution in [3.63, 3.8) is 0 Å². The summed E-state index contributed by atoms with van der Waals surface area (Å²) in [7, 11) is 2.19. The molecular weight excluding hydrogens is 212 g/mol. The Hall–Kier alpha value is 0.620. The summed E-state index contributed by atoms with van der Waals surface area (Å²) in [6.07, 6.45) is 6.84. The number of likely N-dealkylation sites (N-methyl/N-ethyl adjacent to an activating group) is 1. The first kappa shape index (κ1) is 14.6. The smallest absolute Gasteiger partial charge is 0.0215 e. The zero-order chi connectivity index (χ0) is 10.8. The van der Waals surface area contributed by atoms with Crippen molar-refractivity contribution in [2.75, 3.05) is 44.2 Å². The highest BCUT2D eigenvalue weighted by Gasteiger charge is 2.11. The molecule has 0 saturated carbocycles. The predicted molar refractivity (Wildman–Crippen MR) is 71.5 cm³/mol. The van der Waals surface area contributed by atoms with Gasteiger partial charge in [-0.25, -0.2) is 0 Å². The van der Waals surface area contributed by atoms with Crippen molar-refractivity contribution >= 4 is 23.5 Å². The van der Waals surface area contributed by atoms with Gasteiger partial charge in [0.2, 0.25) is 0 Å². The number of rotatable bonds is 9. The van der Waals surface area contributed by atoms with E-state index in [9.17, 15) is 0 Å². The molecule has 86 valence electrons. The number of hydrogen-bond acceptors (Lipinski definition) is 4. The quantitative estimate of drug-likeness (QED) is 0.618. The summed E-state index contributed by atoms with van der Waals surface area (Å²) < 4.78 is 0. The van der Waals surface area contributed by atoms with E-state index in [0.717, 1.165) is 13.1 Å². The lowest BCUT2D eigenvalue weighted by atomic mass is 10.1. The van der Waals surface area contributed by atoms with Gasteiger partial charge >= 0.3 is 0 Å². The van der Waals surface area contributed by atoms with Crippen LogP contribution in [0.2, 0.25) is 0 Å². The largest absolute Gasteiger partial charge is 0.329 e. The topological polar surface area (TPSA) is 29.3 Å². The lowest BCUT2D eigenvalue weighted by molar-refractivity contribution is 0.248. The Kier molecular flexibility index (Phi) is 10.6. The molecule has 0 aliphatic rings. The third-order valence-corrected chi connectivity index (χ3v) is 3.72. The first-order valence-corrected chi connectivity index (χ1v) is 7.93. The van der Waals surface area contributed by atoms with Gasteiger partial charge in [-0.1, -0.05) is 0 Å². The standard InChI is InChI=1S/C10H24N2S2/c1-12(6-8-14-3)10(9-11)5-4-7-13-2/h10H,4-9,11H2,1-3H3. The van der Waals surface area contributed by atoms with Gasteiger partial charge in [0, 0.05) is 24.9 Å². The Morgan fingerprint density at radius 2 is 1.86 bits per heavy atom. The van der Waals surface area contributed by atoms with E-state index in [1.54, 1.807) is 0 Å². The van der Waals surface area contributed by atoms with Crippen molar-refractivity contribution in [1.82, 2.24) is 4.90 Å². The van der Waals surface area contributed by atoms with E-state index in [-0.39, 0.29) is 0 Å². The van der Waals surface area contributed by atoms with Gasteiger partial charge in [-0.3, -0.25) is 0 Å². The highest BCUT2D eigenvalue weighted by Crippen LogP contribution is 2.08. The lowest BCUT2D eigenvalue weighted by Crippen LogP contribution is -2.39. The summed E-state index contributed by atoms with van der Waals surface area (Å²) in [5.74, 6) is 2.46. The van der Waals surface area contributed by atoms with E-state index in [0.29, 0.717) is 6.04 Å². The molecule has 0 radical (unpaired) electrons. The van der Waals surface area contributed by atoms with Crippen LogP contribution in [0.5, 0.6) is 0 Å². The Balaban J connectivity index is 3.62. The van der Waals surface area contributed by atoms with Crippen molar-refractivity contribution in [1.29, 1.82) is 0 Å². The molecule has 0 rings (SSSR count). The van der Waals surface area contributed by atoms with Gasteiger partial charge in [0.25, 0.3) is 0 Å². The maximum atomic E-state index is 5.77. The molecule has 0 aliphatic carbocycles. The van der Waals surface area contributed by atoms with Gasteiger partial charge in [-0.05, 0) is 38.2 Å². The maximum Gasteiger partial charge on any atom is 0.0215 e. The number of nitrogens with zero attached hydrogens (tertiary/aromatic N) is 1. The van der Waals surface area contributed by atoms with Gasteiger partial charge in [-0.15, -0.1) is 0 Å². The highest BCUT2D eigenvalue weighted by atomic mass is 32.2. The summed E-state index contributed by atoms with van der Waals surface area (Å²) in [5.41, 5.74) is 5.77. The van der Waals surface area contributed by atoms with Gasteiger partial charge in [0.15, 0.2) is 0 Å². The van der Waals surface area contributed by atoms with Gasteiger partial charge < -0.3 is 10.6 Å². The molecule has 2 nitrogen and oxygen atoms in total. The summed E-state index contributed by atoms with van der Waals surface area (Å²) >= 11 is 3.82.